The smallest absolute Gasteiger partial charge is 0.463 e. The molecule has 1 atom stereocenters. The van der Waals surface area contributed by atoms with Gasteiger partial charge < -0.3 is 9.47 Å². The molecule has 0 aliphatic heterocycles. The number of carbonyl (C=O) groups excluding carboxylic acids is 2. The lowest BCUT2D eigenvalue weighted by Crippen LogP contribution is -2.56. The molecule has 0 aliphatic carbocycles. The summed E-state index contributed by atoms with van der Waals surface area (Å²) < 4.78 is 169. The summed E-state index contributed by atoms with van der Waals surface area (Å²) in [6, 6.07) is 7.41. The monoisotopic (exact) mass is 622 g/mol. The van der Waals surface area contributed by atoms with Crippen LogP contribution in [0.25, 0.3) is 0 Å². The van der Waals surface area contributed by atoms with Crippen LogP contribution in [0.1, 0.15) is 12.8 Å². The molecular weight excluding hydrogens is 605 g/mol. The van der Waals surface area contributed by atoms with Crippen molar-refractivity contribution in [2.45, 2.75) is 33.4 Å². The quantitative estimate of drug-likeness (QED) is 0.112. The van der Waals surface area contributed by atoms with Crippen molar-refractivity contribution in [3.05, 3.63) is 42.5 Å². The zero-order chi connectivity index (χ0) is 29.8. The molecule has 0 aliphatic rings. The molecule has 1 unspecified atom stereocenters. The number of carbonyl (C=O) groups is 2. The largest absolute Gasteiger partial charge is 0.499 e. The normalized spacial score (nSPS) is 14.7. The average Bonchev–Trinajstić information content (AvgIpc) is 2.73. The van der Waals surface area contributed by atoms with Crippen LogP contribution in [0.5, 0.6) is 5.75 Å². The van der Waals surface area contributed by atoms with Crippen molar-refractivity contribution in [1.82, 2.24) is 0 Å². The molecule has 1 aromatic rings. The van der Waals surface area contributed by atoms with Gasteiger partial charge in [0.2, 0.25) is 0 Å². The van der Waals surface area contributed by atoms with Gasteiger partial charge in [-0.05, 0) is 18.6 Å². The van der Waals surface area contributed by atoms with Gasteiger partial charge in [0.05, 0.1) is 6.61 Å². The van der Waals surface area contributed by atoms with E-state index in [0.29, 0.717) is 12.2 Å². The Labute approximate surface area is 211 Å². The average molecular weight is 623 g/mol. The van der Waals surface area contributed by atoms with Crippen LogP contribution in [-0.2, 0) is 43.8 Å². The fourth-order valence-corrected chi connectivity index (χ4v) is 9.87. The Morgan fingerprint density at radius 3 is 1.82 bits per heavy atom. The van der Waals surface area contributed by atoms with Crippen molar-refractivity contribution in [1.29, 1.82) is 0 Å². The second-order valence-corrected chi connectivity index (χ2v) is 14.3. The molecule has 216 valence electrons. The van der Waals surface area contributed by atoms with Crippen molar-refractivity contribution in [3.8, 4) is 5.75 Å². The molecule has 38 heavy (non-hydrogen) atoms. The van der Waals surface area contributed by atoms with Crippen LogP contribution in [-0.4, -0.2) is 70.7 Å². The zero-order valence-corrected chi connectivity index (χ0v) is 21.1. The van der Waals surface area contributed by atoms with Crippen LogP contribution in [0, 0.1) is 0 Å². The van der Waals surface area contributed by atoms with Crippen LogP contribution < -0.4 is 4.74 Å². The number of alkyl halides is 7. The van der Waals surface area contributed by atoms with Crippen LogP contribution in [0.15, 0.2) is 42.5 Å². The van der Waals surface area contributed by atoms with Gasteiger partial charge in [0.1, 0.15) is 5.75 Å². The predicted octanol–water partition coefficient (Wildman–Crippen LogP) is 2.38. The minimum atomic E-state index is -7.60. The number of halogens is 7. The molecule has 1 rings (SSSR count). The lowest BCUT2D eigenvalue weighted by atomic mass is 10.2. The maximum Gasteiger partial charge on any atom is 0.499 e. The Balaban J connectivity index is 2.93. The number of sulfone groups is 3. The summed E-state index contributed by atoms with van der Waals surface area (Å²) in [7, 11) is -21.2. The number of ether oxygens (including phenoxy) is 2. The third-order valence-electron chi connectivity index (χ3n) is 4.16. The highest BCUT2D eigenvalue weighted by Gasteiger charge is 2.73. The van der Waals surface area contributed by atoms with E-state index in [9.17, 15) is 65.6 Å². The van der Waals surface area contributed by atoms with Crippen molar-refractivity contribution < 1.29 is 75.0 Å². The van der Waals surface area contributed by atoms with Gasteiger partial charge in [-0.25, -0.2) is 34.8 Å². The Hall–Kier alpha value is -2.74. The van der Waals surface area contributed by atoms with Gasteiger partial charge in [0.15, 0.2) is 9.84 Å². The van der Waals surface area contributed by atoms with Crippen LogP contribution >= 0.6 is 0 Å². The van der Waals surface area contributed by atoms with E-state index in [1.54, 1.807) is 6.07 Å². The van der Waals surface area contributed by atoms with Crippen molar-refractivity contribution in [3.63, 3.8) is 0 Å². The molecule has 10 nitrogen and oxygen atoms in total. The van der Waals surface area contributed by atoms with E-state index in [2.05, 4.69) is 4.74 Å². The Morgan fingerprint density at radius 2 is 1.34 bits per heavy atom. The van der Waals surface area contributed by atoms with E-state index in [0.717, 1.165) is 0 Å². The maximum absolute atomic E-state index is 14.2. The number of rotatable bonds is 12. The highest BCUT2D eigenvalue weighted by molar-refractivity contribution is 8.24. The van der Waals surface area contributed by atoms with Gasteiger partial charge in [-0.15, -0.1) is 0 Å². The summed E-state index contributed by atoms with van der Waals surface area (Å²) in [5.74, 6) is -8.17. The molecule has 20 heteroatoms. The number of hydrogen-bond donors (Lipinski definition) is 0. The van der Waals surface area contributed by atoms with E-state index < -0.39 is 87.8 Å². The van der Waals surface area contributed by atoms with E-state index in [1.165, 1.54) is 24.3 Å². The fraction of sp³-hybridized carbons (Fsp3) is 0.444. The predicted molar refractivity (Wildman–Crippen MR) is 114 cm³/mol. The standard InChI is InChI=1S/C18H17F7O10S3/c1-36(28,29)15(38(32,33)18(23,24)25)37(30,31)17(21,22)16(19,20)10-5-11-34-13(26)8-9-14(27)35-12-6-3-2-4-7-12/h2-4,6-9,15H,5,10-11H2,1H3/b9-8-. The number of para-hydroxylation sites is 1. The van der Waals surface area contributed by atoms with Crippen LogP contribution in [0.2, 0.25) is 0 Å². The molecule has 0 bridgehead atoms. The first kappa shape index (κ1) is 33.3. The number of benzene rings is 1. The second-order valence-electron chi connectivity index (χ2n) is 7.21. The van der Waals surface area contributed by atoms with Gasteiger partial charge in [-0.3, -0.25) is 0 Å². The minimum absolute atomic E-state index is 0.0924. The number of esters is 2. The summed E-state index contributed by atoms with van der Waals surface area (Å²) >= 11 is 0. The third-order valence-corrected chi connectivity index (χ3v) is 12.7. The SMILES string of the molecule is CS(=O)(=O)C(S(=O)(=O)C(F)(F)F)S(=O)(=O)C(F)(F)C(F)(F)CCCOC(=O)/C=C\C(=O)Oc1ccccc1. The molecule has 0 amide bonds. The summed E-state index contributed by atoms with van der Waals surface area (Å²) in [6.07, 6.45) is -2.94. The summed E-state index contributed by atoms with van der Waals surface area (Å²) in [5, 5.41) is -6.63. The molecule has 1 aromatic carbocycles. The minimum Gasteiger partial charge on any atom is -0.463 e. The Kier molecular flexibility index (Phi) is 10.1. The number of hydrogen-bond acceptors (Lipinski definition) is 10. The van der Waals surface area contributed by atoms with Gasteiger partial charge >= 0.3 is 28.6 Å². The van der Waals surface area contributed by atoms with Crippen LogP contribution in [0.3, 0.4) is 0 Å². The lowest BCUT2D eigenvalue weighted by Gasteiger charge is -2.29. The molecule has 0 N–H and O–H groups in total. The lowest BCUT2D eigenvalue weighted by molar-refractivity contribution is -0.164. The second kappa shape index (κ2) is 11.6. The topological polar surface area (TPSA) is 155 Å². The molecule has 0 spiro atoms. The zero-order valence-electron chi connectivity index (χ0n) is 18.7. The summed E-state index contributed by atoms with van der Waals surface area (Å²) in [4.78, 5) is 23.0. The van der Waals surface area contributed by atoms with Gasteiger partial charge in [0, 0.05) is 24.8 Å². The molecule has 0 saturated carbocycles. The molecule has 0 radical (unpaired) electrons. The van der Waals surface area contributed by atoms with Gasteiger partial charge in [0.25, 0.3) is 23.6 Å². The summed E-state index contributed by atoms with van der Waals surface area (Å²) in [5.41, 5.74) is -6.71. The van der Waals surface area contributed by atoms with E-state index >= 15 is 0 Å². The Bertz CT molecular complexity index is 1370. The molecule has 0 fully saturated rings. The first-order chi connectivity index (χ1) is 17.0. The molecule has 0 heterocycles. The van der Waals surface area contributed by atoms with E-state index in [-0.39, 0.29) is 5.75 Å². The third kappa shape index (κ3) is 7.65. The van der Waals surface area contributed by atoms with E-state index in [4.69, 9.17) is 4.74 Å². The van der Waals surface area contributed by atoms with Crippen molar-refractivity contribution >= 4 is 41.5 Å². The van der Waals surface area contributed by atoms with Crippen molar-refractivity contribution in [2.24, 2.45) is 0 Å². The maximum atomic E-state index is 14.2. The molecule has 0 aromatic heterocycles. The first-order valence-corrected chi connectivity index (χ1v) is 14.6. The van der Waals surface area contributed by atoms with Gasteiger partial charge in [-0.1, -0.05) is 18.2 Å². The van der Waals surface area contributed by atoms with Crippen molar-refractivity contribution in [2.75, 3.05) is 12.9 Å². The summed E-state index contributed by atoms with van der Waals surface area (Å²) in [6.45, 7) is -1.11. The van der Waals surface area contributed by atoms with Gasteiger partial charge in [-0.2, -0.15) is 30.7 Å². The molecular formula is C18H17F7O10S3. The van der Waals surface area contributed by atoms with Crippen LogP contribution in [0.4, 0.5) is 30.7 Å². The molecule has 0 saturated heterocycles. The Morgan fingerprint density at radius 1 is 0.842 bits per heavy atom. The highest BCUT2D eigenvalue weighted by atomic mass is 32.3. The highest BCUT2D eigenvalue weighted by Crippen LogP contribution is 2.46. The fourth-order valence-electron chi connectivity index (χ4n) is 2.50. The van der Waals surface area contributed by atoms with E-state index in [1.807, 2.05) is 0 Å². The first-order valence-electron chi connectivity index (χ1n) is 9.58.